The first kappa shape index (κ1) is 12.8. The molecule has 0 aromatic carbocycles. The molecule has 1 saturated heterocycles. The number of rotatable bonds is 6. The molecule has 2 N–H and O–H groups in total. The summed E-state index contributed by atoms with van der Waals surface area (Å²) in [5, 5.41) is 6.30. The highest BCUT2D eigenvalue weighted by Gasteiger charge is 2.16. The summed E-state index contributed by atoms with van der Waals surface area (Å²) in [4.78, 5) is 11.6. The Morgan fingerprint density at radius 3 is 2.76 bits per heavy atom. The molecule has 17 heavy (non-hydrogen) atoms. The molecule has 1 saturated carbocycles. The Morgan fingerprint density at radius 1 is 1.24 bits per heavy atom. The van der Waals surface area contributed by atoms with Crippen molar-refractivity contribution in [2.45, 2.75) is 44.6 Å². The second kappa shape index (κ2) is 6.97. The van der Waals surface area contributed by atoms with Gasteiger partial charge in [-0.15, -0.1) is 0 Å². The van der Waals surface area contributed by atoms with Crippen molar-refractivity contribution in [3.8, 4) is 0 Å². The van der Waals surface area contributed by atoms with E-state index in [9.17, 15) is 4.79 Å². The van der Waals surface area contributed by atoms with Crippen LogP contribution in [-0.4, -0.2) is 38.3 Å². The summed E-state index contributed by atoms with van der Waals surface area (Å²) in [5.41, 5.74) is 0. The van der Waals surface area contributed by atoms with Crippen LogP contribution in [0.4, 0.5) is 0 Å². The average molecular weight is 240 g/mol. The van der Waals surface area contributed by atoms with E-state index < -0.39 is 0 Å². The van der Waals surface area contributed by atoms with E-state index in [1.54, 1.807) is 0 Å². The van der Waals surface area contributed by atoms with E-state index in [1.165, 1.54) is 25.7 Å². The van der Waals surface area contributed by atoms with Crippen LogP contribution in [0.5, 0.6) is 0 Å². The Morgan fingerprint density at radius 2 is 2.06 bits per heavy atom. The first-order valence-electron chi connectivity index (χ1n) is 6.92. The highest BCUT2D eigenvalue weighted by atomic mass is 16.5. The monoisotopic (exact) mass is 240 g/mol. The fourth-order valence-electron chi connectivity index (χ4n) is 2.66. The second-order valence-corrected chi connectivity index (χ2v) is 5.23. The highest BCUT2D eigenvalue weighted by Crippen LogP contribution is 2.17. The lowest BCUT2D eigenvalue weighted by Crippen LogP contribution is -2.38. The zero-order chi connectivity index (χ0) is 11.9. The minimum Gasteiger partial charge on any atom is -0.381 e. The average Bonchev–Trinajstić information content (AvgIpc) is 2.99. The SMILES string of the molecule is O=C(CNC1CCCC1)NCCC1CCOC1. The number of hydrogen-bond donors (Lipinski definition) is 2. The fourth-order valence-corrected chi connectivity index (χ4v) is 2.66. The molecule has 1 atom stereocenters. The third-order valence-corrected chi connectivity index (χ3v) is 3.81. The summed E-state index contributed by atoms with van der Waals surface area (Å²) in [6.07, 6.45) is 7.27. The zero-order valence-corrected chi connectivity index (χ0v) is 10.5. The van der Waals surface area contributed by atoms with Gasteiger partial charge >= 0.3 is 0 Å². The number of ether oxygens (including phenoxy) is 1. The normalized spacial score (nSPS) is 25.3. The molecule has 98 valence electrons. The fraction of sp³-hybridized carbons (Fsp3) is 0.923. The topological polar surface area (TPSA) is 50.4 Å². The molecule has 0 aromatic rings. The third-order valence-electron chi connectivity index (χ3n) is 3.81. The maximum atomic E-state index is 11.6. The van der Waals surface area contributed by atoms with Crippen LogP contribution in [0, 0.1) is 5.92 Å². The van der Waals surface area contributed by atoms with E-state index in [0.717, 1.165) is 32.6 Å². The smallest absolute Gasteiger partial charge is 0.233 e. The Balaban J connectivity index is 1.48. The van der Waals surface area contributed by atoms with Gasteiger partial charge in [0.05, 0.1) is 6.54 Å². The third kappa shape index (κ3) is 4.64. The molecule has 1 aliphatic carbocycles. The molecule has 1 aliphatic heterocycles. The van der Waals surface area contributed by atoms with Gasteiger partial charge in [0.25, 0.3) is 0 Å². The second-order valence-electron chi connectivity index (χ2n) is 5.23. The number of carbonyl (C=O) groups is 1. The Hall–Kier alpha value is -0.610. The molecule has 1 amide bonds. The van der Waals surface area contributed by atoms with Crippen molar-refractivity contribution in [1.82, 2.24) is 10.6 Å². The largest absolute Gasteiger partial charge is 0.381 e. The van der Waals surface area contributed by atoms with Crippen LogP contribution in [0.25, 0.3) is 0 Å². The lowest BCUT2D eigenvalue weighted by Gasteiger charge is -2.12. The molecule has 1 unspecified atom stereocenters. The lowest BCUT2D eigenvalue weighted by atomic mass is 10.1. The summed E-state index contributed by atoms with van der Waals surface area (Å²) in [7, 11) is 0. The summed E-state index contributed by atoms with van der Waals surface area (Å²) < 4.78 is 5.30. The molecular weight excluding hydrogens is 216 g/mol. The van der Waals surface area contributed by atoms with Crippen LogP contribution in [-0.2, 0) is 9.53 Å². The van der Waals surface area contributed by atoms with Crippen molar-refractivity contribution in [1.29, 1.82) is 0 Å². The molecule has 2 rings (SSSR count). The number of carbonyl (C=O) groups excluding carboxylic acids is 1. The molecule has 0 bridgehead atoms. The van der Waals surface area contributed by atoms with Crippen molar-refractivity contribution in [2.24, 2.45) is 5.92 Å². The Kier molecular flexibility index (Phi) is 5.26. The van der Waals surface area contributed by atoms with E-state index in [0.29, 0.717) is 18.5 Å². The minimum atomic E-state index is 0.135. The molecule has 4 nitrogen and oxygen atoms in total. The maximum Gasteiger partial charge on any atom is 0.233 e. The van der Waals surface area contributed by atoms with Crippen molar-refractivity contribution < 1.29 is 9.53 Å². The van der Waals surface area contributed by atoms with Crippen LogP contribution < -0.4 is 10.6 Å². The minimum absolute atomic E-state index is 0.135. The van der Waals surface area contributed by atoms with Crippen molar-refractivity contribution in [2.75, 3.05) is 26.3 Å². The zero-order valence-electron chi connectivity index (χ0n) is 10.5. The molecule has 0 spiro atoms. The summed E-state index contributed by atoms with van der Waals surface area (Å²) >= 11 is 0. The number of nitrogens with one attached hydrogen (secondary N) is 2. The van der Waals surface area contributed by atoms with Crippen LogP contribution in [0.15, 0.2) is 0 Å². The van der Waals surface area contributed by atoms with Gasteiger partial charge < -0.3 is 15.4 Å². The van der Waals surface area contributed by atoms with Crippen LogP contribution in [0.1, 0.15) is 38.5 Å². The molecule has 0 radical (unpaired) electrons. The molecule has 2 fully saturated rings. The van der Waals surface area contributed by atoms with E-state index in [-0.39, 0.29) is 5.91 Å². The van der Waals surface area contributed by atoms with Crippen molar-refractivity contribution in [3.63, 3.8) is 0 Å². The van der Waals surface area contributed by atoms with Gasteiger partial charge in [-0.05, 0) is 31.6 Å². The standard InChI is InChI=1S/C13H24N2O2/c16-13(9-15-12-3-1-2-4-12)14-7-5-11-6-8-17-10-11/h11-12,15H,1-10H2,(H,14,16). The van der Waals surface area contributed by atoms with Crippen molar-refractivity contribution >= 4 is 5.91 Å². The predicted octanol–water partition coefficient (Wildman–Crippen LogP) is 1.06. The quantitative estimate of drug-likeness (QED) is 0.730. The van der Waals surface area contributed by atoms with Crippen LogP contribution in [0.3, 0.4) is 0 Å². The first-order chi connectivity index (χ1) is 8.34. The van der Waals surface area contributed by atoms with Gasteiger partial charge in [0.1, 0.15) is 0 Å². The van der Waals surface area contributed by atoms with E-state index in [4.69, 9.17) is 4.74 Å². The van der Waals surface area contributed by atoms with Gasteiger partial charge in [-0.3, -0.25) is 4.79 Å². The van der Waals surface area contributed by atoms with Crippen LogP contribution >= 0.6 is 0 Å². The summed E-state index contributed by atoms with van der Waals surface area (Å²) in [6, 6.07) is 0.573. The molecule has 1 heterocycles. The summed E-state index contributed by atoms with van der Waals surface area (Å²) in [5.74, 6) is 0.786. The maximum absolute atomic E-state index is 11.6. The number of hydrogen-bond acceptors (Lipinski definition) is 3. The lowest BCUT2D eigenvalue weighted by molar-refractivity contribution is -0.120. The molecular formula is C13H24N2O2. The van der Waals surface area contributed by atoms with Gasteiger partial charge in [0.15, 0.2) is 0 Å². The van der Waals surface area contributed by atoms with Gasteiger partial charge in [0, 0.05) is 25.8 Å². The van der Waals surface area contributed by atoms with Gasteiger partial charge in [-0.2, -0.15) is 0 Å². The van der Waals surface area contributed by atoms with E-state index >= 15 is 0 Å². The molecule has 0 aromatic heterocycles. The van der Waals surface area contributed by atoms with Crippen molar-refractivity contribution in [3.05, 3.63) is 0 Å². The van der Waals surface area contributed by atoms with E-state index in [1.807, 2.05) is 0 Å². The Labute approximate surface area is 103 Å². The molecule has 2 aliphatic rings. The Bertz CT molecular complexity index is 234. The van der Waals surface area contributed by atoms with Gasteiger partial charge in [-0.25, -0.2) is 0 Å². The summed E-state index contributed by atoms with van der Waals surface area (Å²) in [6.45, 7) is 3.03. The molecule has 4 heteroatoms. The van der Waals surface area contributed by atoms with E-state index in [2.05, 4.69) is 10.6 Å². The highest BCUT2D eigenvalue weighted by molar-refractivity contribution is 5.77. The first-order valence-corrected chi connectivity index (χ1v) is 6.92. The van der Waals surface area contributed by atoms with Gasteiger partial charge in [-0.1, -0.05) is 12.8 Å². The number of amides is 1. The predicted molar refractivity (Wildman–Crippen MR) is 66.8 cm³/mol. The van der Waals surface area contributed by atoms with Gasteiger partial charge in [0.2, 0.25) is 5.91 Å². The van der Waals surface area contributed by atoms with Crippen LogP contribution in [0.2, 0.25) is 0 Å².